The van der Waals surface area contributed by atoms with Gasteiger partial charge in [0.1, 0.15) is 17.5 Å². The highest BCUT2D eigenvalue weighted by molar-refractivity contribution is 6.31. The van der Waals surface area contributed by atoms with E-state index in [1.54, 1.807) is 12.1 Å². The Balaban J connectivity index is 1.88. The van der Waals surface area contributed by atoms with Crippen LogP contribution in [0.2, 0.25) is 5.02 Å². The maximum Gasteiger partial charge on any atom is 0.317 e. The number of carbonyl (C=O) groups is 1. The first-order valence-electron chi connectivity index (χ1n) is 10.4. The molecule has 0 atom stereocenters. The number of anilines is 1. The van der Waals surface area contributed by atoms with Crippen LogP contribution in [0, 0.1) is 12.7 Å². The third kappa shape index (κ3) is 5.01. The summed E-state index contributed by atoms with van der Waals surface area (Å²) in [5, 5.41) is 3.34. The smallest absolute Gasteiger partial charge is 0.317 e. The van der Waals surface area contributed by atoms with E-state index in [0.717, 1.165) is 17.1 Å². The van der Waals surface area contributed by atoms with E-state index in [9.17, 15) is 9.18 Å². The Hall–Kier alpha value is -2.41. The molecule has 1 fully saturated rings. The van der Waals surface area contributed by atoms with Crippen molar-refractivity contribution in [2.24, 2.45) is 0 Å². The van der Waals surface area contributed by atoms with Crippen LogP contribution in [0.4, 0.5) is 15.0 Å². The second-order valence-corrected chi connectivity index (χ2v) is 8.24. The van der Waals surface area contributed by atoms with E-state index in [1.165, 1.54) is 6.07 Å². The van der Waals surface area contributed by atoms with Gasteiger partial charge in [-0.3, -0.25) is 0 Å². The highest BCUT2D eigenvalue weighted by Crippen LogP contribution is 2.29. The van der Waals surface area contributed by atoms with E-state index in [2.05, 4.69) is 15.2 Å². The summed E-state index contributed by atoms with van der Waals surface area (Å²) in [7, 11) is 0. The van der Waals surface area contributed by atoms with Gasteiger partial charge in [-0.05, 0) is 39.3 Å². The van der Waals surface area contributed by atoms with E-state index < -0.39 is 0 Å². The van der Waals surface area contributed by atoms with Crippen molar-refractivity contribution < 1.29 is 9.18 Å². The van der Waals surface area contributed by atoms with E-state index in [1.807, 2.05) is 32.6 Å². The van der Waals surface area contributed by atoms with Gasteiger partial charge in [0.15, 0.2) is 0 Å². The summed E-state index contributed by atoms with van der Waals surface area (Å²) >= 11 is 6.29. The molecule has 3 rings (SSSR count). The quantitative estimate of drug-likeness (QED) is 0.775. The zero-order valence-electron chi connectivity index (χ0n) is 18.0. The van der Waals surface area contributed by atoms with E-state index >= 15 is 0 Å². The predicted octanol–water partition coefficient (Wildman–Crippen LogP) is 3.97. The maximum absolute atomic E-state index is 14.5. The maximum atomic E-state index is 14.5. The number of urea groups is 1. The molecule has 1 aromatic heterocycles. The monoisotopic (exact) mass is 433 g/mol. The second-order valence-electron chi connectivity index (χ2n) is 7.83. The number of piperazine rings is 1. The molecule has 0 spiro atoms. The van der Waals surface area contributed by atoms with E-state index in [0.29, 0.717) is 55.4 Å². The SMILES string of the molecule is CCc1nc(C)nc(N2CCN(C(=O)NC(C)C)CC2)c1Cc1c(F)cccc1Cl. The molecule has 1 N–H and O–H groups in total. The molecule has 1 aliphatic rings. The number of aromatic nitrogens is 2. The molecule has 162 valence electrons. The molecule has 30 heavy (non-hydrogen) atoms. The lowest BCUT2D eigenvalue weighted by Crippen LogP contribution is -2.53. The highest BCUT2D eigenvalue weighted by Gasteiger charge is 2.26. The predicted molar refractivity (Wildman–Crippen MR) is 118 cm³/mol. The van der Waals surface area contributed by atoms with Gasteiger partial charge in [0.25, 0.3) is 0 Å². The van der Waals surface area contributed by atoms with Crippen LogP contribution in [-0.4, -0.2) is 53.1 Å². The molecular weight excluding hydrogens is 405 g/mol. The van der Waals surface area contributed by atoms with Crippen molar-refractivity contribution in [2.75, 3.05) is 31.1 Å². The molecule has 0 unspecified atom stereocenters. The van der Waals surface area contributed by atoms with Gasteiger partial charge in [-0.15, -0.1) is 0 Å². The molecule has 1 saturated heterocycles. The summed E-state index contributed by atoms with van der Waals surface area (Å²) in [6, 6.07) is 4.79. The van der Waals surface area contributed by atoms with Crippen LogP contribution in [0.1, 0.15) is 43.4 Å². The first-order chi connectivity index (χ1) is 14.3. The first-order valence-corrected chi connectivity index (χ1v) is 10.8. The van der Waals surface area contributed by atoms with Crippen molar-refractivity contribution >= 4 is 23.4 Å². The fourth-order valence-corrected chi connectivity index (χ4v) is 3.94. The molecule has 2 aromatic rings. The molecule has 0 saturated carbocycles. The number of rotatable bonds is 5. The van der Waals surface area contributed by atoms with Crippen molar-refractivity contribution in [1.29, 1.82) is 0 Å². The summed E-state index contributed by atoms with van der Waals surface area (Å²) in [5.41, 5.74) is 2.25. The summed E-state index contributed by atoms with van der Waals surface area (Å²) < 4.78 is 14.5. The van der Waals surface area contributed by atoms with Crippen LogP contribution in [0.3, 0.4) is 0 Å². The Bertz CT molecular complexity index is 892. The number of amides is 2. The molecule has 6 nitrogen and oxygen atoms in total. The standard InChI is InChI=1S/C22H29ClFN5O/c1-5-20-17(13-16-18(23)7-6-8-19(16)24)21(27-15(4)26-20)28-9-11-29(12-10-28)22(30)25-14(2)3/h6-8,14H,5,9-13H2,1-4H3,(H,25,30). The van der Waals surface area contributed by atoms with Crippen molar-refractivity contribution in [3.8, 4) is 0 Å². The van der Waals surface area contributed by atoms with Gasteiger partial charge in [0, 0.05) is 60.5 Å². The fraction of sp³-hybridized carbons (Fsp3) is 0.500. The molecule has 8 heteroatoms. The zero-order valence-corrected chi connectivity index (χ0v) is 18.8. The molecule has 2 heterocycles. The summed E-state index contributed by atoms with van der Waals surface area (Å²) in [6.07, 6.45) is 1.05. The van der Waals surface area contributed by atoms with Gasteiger partial charge in [-0.25, -0.2) is 19.2 Å². The molecule has 0 aliphatic carbocycles. The molecule has 2 amide bonds. The van der Waals surface area contributed by atoms with E-state index in [4.69, 9.17) is 16.6 Å². The average molecular weight is 434 g/mol. The number of aryl methyl sites for hydroxylation is 2. The van der Waals surface area contributed by atoms with Gasteiger partial charge in [0.05, 0.1) is 0 Å². The minimum absolute atomic E-state index is 0.0453. The molecule has 0 radical (unpaired) electrons. The number of carbonyl (C=O) groups excluding carboxylic acids is 1. The summed E-state index contributed by atoms with van der Waals surface area (Å²) in [6.45, 7) is 10.3. The summed E-state index contributed by atoms with van der Waals surface area (Å²) in [4.78, 5) is 25.6. The topological polar surface area (TPSA) is 61.4 Å². The van der Waals surface area contributed by atoms with Crippen molar-refractivity contribution in [1.82, 2.24) is 20.2 Å². The van der Waals surface area contributed by atoms with Crippen LogP contribution in [0.5, 0.6) is 0 Å². The number of benzene rings is 1. The number of hydrogen-bond donors (Lipinski definition) is 1. The lowest BCUT2D eigenvalue weighted by molar-refractivity contribution is 0.191. The number of nitrogens with zero attached hydrogens (tertiary/aromatic N) is 4. The zero-order chi connectivity index (χ0) is 21.8. The van der Waals surface area contributed by atoms with Crippen LogP contribution in [0.25, 0.3) is 0 Å². The van der Waals surface area contributed by atoms with E-state index in [-0.39, 0.29) is 17.9 Å². The number of nitrogens with one attached hydrogen (secondary N) is 1. The fourth-order valence-electron chi connectivity index (χ4n) is 3.71. The summed E-state index contributed by atoms with van der Waals surface area (Å²) in [5.74, 6) is 1.17. The lowest BCUT2D eigenvalue weighted by Gasteiger charge is -2.37. The normalized spacial score (nSPS) is 14.4. The van der Waals surface area contributed by atoms with Gasteiger partial charge in [-0.2, -0.15) is 0 Å². The Kier molecular flexibility index (Phi) is 7.13. The largest absolute Gasteiger partial charge is 0.353 e. The Labute approximate surface area is 182 Å². The highest BCUT2D eigenvalue weighted by atomic mass is 35.5. The van der Waals surface area contributed by atoms with Crippen molar-refractivity contribution in [3.63, 3.8) is 0 Å². The van der Waals surface area contributed by atoms with Crippen LogP contribution < -0.4 is 10.2 Å². The minimum Gasteiger partial charge on any atom is -0.353 e. The lowest BCUT2D eigenvalue weighted by atomic mass is 10.0. The van der Waals surface area contributed by atoms with Gasteiger partial charge >= 0.3 is 6.03 Å². The molecule has 0 bridgehead atoms. The van der Waals surface area contributed by atoms with Gasteiger partial charge in [-0.1, -0.05) is 24.6 Å². The Morgan fingerprint density at radius 3 is 2.50 bits per heavy atom. The number of halogens is 2. The molecule has 1 aromatic carbocycles. The minimum atomic E-state index is -0.328. The average Bonchev–Trinajstić information content (AvgIpc) is 2.70. The molecule has 1 aliphatic heterocycles. The van der Waals surface area contributed by atoms with Crippen molar-refractivity contribution in [3.05, 3.63) is 51.7 Å². The molecular formula is C22H29ClFN5O. The Morgan fingerprint density at radius 1 is 1.20 bits per heavy atom. The third-order valence-corrected chi connectivity index (χ3v) is 5.57. The van der Waals surface area contributed by atoms with Crippen molar-refractivity contribution in [2.45, 2.75) is 46.6 Å². The first kappa shape index (κ1) is 22.3. The third-order valence-electron chi connectivity index (χ3n) is 5.21. The Morgan fingerprint density at radius 2 is 1.90 bits per heavy atom. The second kappa shape index (κ2) is 9.60. The van der Waals surface area contributed by atoms with Gasteiger partial charge in [0.2, 0.25) is 0 Å². The van der Waals surface area contributed by atoms with Crippen LogP contribution >= 0.6 is 11.6 Å². The van der Waals surface area contributed by atoms with Gasteiger partial charge < -0.3 is 15.1 Å². The number of hydrogen-bond acceptors (Lipinski definition) is 4. The van der Waals surface area contributed by atoms with Crippen LogP contribution in [-0.2, 0) is 12.8 Å². The van der Waals surface area contributed by atoms with Crippen LogP contribution in [0.15, 0.2) is 18.2 Å².